The Morgan fingerprint density at radius 1 is 0.933 bits per heavy atom. The Morgan fingerprint density at radius 3 is 2.67 bits per heavy atom. The maximum Gasteiger partial charge on any atom is 0.0737 e. The fourth-order valence-corrected chi connectivity index (χ4v) is 4.55. The highest BCUT2D eigenvalue weighted by Gasteiger charge is 2.08. The fraction of sp³-hybridized carbons (Fsp3) is 0.240. The van der Waals surface area contributed by atoms with Crippen LogP contribution in [0.25, 0.3) is 10.9 Å². The van der Waals surface area contributed by atoms with Crippen LogP contribution in [0.15, 0.2) is 78.3 Å². The largest absolute Gasteiger partial charge is 0.384 e. The molecular formula is C25H26ClN3S. The van der Waals surface area contributed by atoms with Crippen LogP contribution in [-0.4, -0.2) is 23.0 Å². The lowest BCUT2D eigenvalue weighted by atomic mass is 10.1. The first kappa shape index (κ1) is 20.9. The second-order valence-corrected chi connectivity index (χ2v) is 8.90. The summed E-state index contributed by atoms with van der Waals surface area (Å²) in [5.41, 5.74) is 3.42. The number of pyridine rings is 1. The van der Waals surface area contributed by atoms with E-state index in [-0.39, 0.29) is 0 Å². The van der Waals surface area contributed by atoms with E-state index >= 15 is 0 Å². The van der Waals surface area contributed by atoms with E-state index in [1.807, 2.05) is 41.8 Å². The van der Waals surface area contributed by atoms with Crippen molar-refractivity contribution in [2.75, 3.05) is 18.4 Å². The number of hydrogen-bond donors (Lipinski definition) is 1. The van der Waals surface area contributed by atoms with Gasteiger partial charge in [-0.05, 0) is 60.7 Å². The lowest BCUT2D eigenvalue weighted by Crippen LogP contribution is -2.24. The molecule has 30 heavy (non-hydrogen) atoms. The number of nitrogens with zero attached hydrogens (tertiary/aromatic N) is 2. The first-order valence-corrected chi connectivity index (χ1v) is 11.6. The van der Waals surface area contributed by atoms with Crippen molar-refractivity contribution in [1.82, 2.24) is 9.88 Å². The molecule has 0 spiro atoms. The van der Waals surface area contributed by atoms with Gasteiger partial charge >= 0.3 is 0 Å². The molecule has 154 valence electrons. The molecule has 0 fully saturated rings. The molecule has 5 heteroatoms. The molecule has 0 atom stereocenters. The smallest absolute Gasteiger partial charge is 0.0737 e. The summed E-state index contributed by atoms with van der Waals surface area (Å²) in [4.78, 5) is 8.38. The molecule has 0 bridgehead atoms. The second-order valence-electron chi connectivity index (χ2n) is 7.43. The third-order valence-corrected chi connectivity index (χ3v) is 6.23. The average molecular weight is 436 g/mol. The highest BCUT2D eigenvalue weighted by atomic mass is 35.5. The monoisotopic (exact) mass is 435 g/mol. The van der Waals surface area contributed by atoms with Crippen LogP contribution in [0, 0.1) is 0 Å². The predicted octanol–water partition coefficient (Wildman–Crippen LogP) is 6.84. The zero-order valence-corrected chi connectivity index (χ0v) is 18.5. The zero-order valence-electron chi connectivity index (χ0n) is 16.9. The number of benzene rings is 2. The lowest BCUT2D eigenvalue weighted by Gasteiger charge is -2.22. The zero-order chi connectivity index (χ0) is 20.6. The number of nitrogens with one attached hydrogen (secondary N) is 1. The summed E-state index contributed by atoms with van der Waals surface area (Å²) in [7, 11) is 0. The van der Waals surface area contributed by atoms with Gasteiger partial charge in [-0.2, -0.15) is 0 Å². The highest BCUT2D eigenvalue weighted by Crippen LogP contribution is 2.24. The van der Waals surface area contributed by atoms with Gasteiger partial charge in [0.25, 0.3) is 0 Å². The first-order chi connectivity index (χ1) is 14.8. The molecule has 4 aromatic rings. The first-order valence-electron chi connectivity index (χ1n) is 10.3. The van der Waals surface area contributed by atoms with Crippen molar-refractivity contribution in [2.24, 2.45) is 0 Å². The van der Waals surface area contributed by atoms with Gasteiger partial charge in [0.15, 0.2) is 0 Å². The summed E-state index contributed by atoms with van der Waals surface area (Å²) < 4.78 is 0. The van der Waals surface area contributed by atoms with Crippen molar-refractivity contribution in [3.8, 4) is 0 Å². The Balaban J connectivity index is 1.30. The summed E-state index contributed by atoms with van der Waals surface area (Å²) in [5.74, 6) is 0. The van der Waals surface area contributed by atoms with Crippen molar-refractivity contribution >= 4 is 39.5 Å². The van der Waals surface area contributed by atoms with Crippen LogP contribution >= 0.6 is 22.9 Å². The minimum absolute atomic E-state index is 0.719. The number of halogens is 1. The SMILES string of the molecule is Clc1ccc2c(NCCCCN(Cc3ccccc3)Cc3cccs3)ccnc2c1. The Labute approximate surface area is 187 Å². The number of thiophene rings is 1. The van der Waals surface area contributed by atoms with E-state index in [0.29, 0.717) is 0 Å². The molecule has 2 aromatic carbocycles. The number of fused-ring (bicyclic) bond motifs is 1. The minimum Gasteiger partial charge on any atom is -0.384 e. The summed E-state index contributed by atoms with van der Waals surface area (Å²) in [5, 5.41) is 7.57. The van der Waals surface area contributed by atoms with Crippen molar-refractivity contribution in [3.05, 3.63) is 93.8 Å². The lowest BCUT2D eigenvalue weighted by molar-refractivity contribution is 0.254. The third-order valence-electron chi connectivity index (χ3n) is 5.13. The Kier molecular flexibility index (Phi) is 7.35. The summed E-state index contributed by atoms with van der Waals surface area (Å²) in [6.45, 7) is 4.03. The number of unbranched alkanes of at least 4 members (excludes halogenated alkanes) is 1. The summed E-state index contributed by atoms with van der Waals surface area (Å²) in [6.07, 6.45) is 4.11. The van der Waals surface area contributed by atoms with Gasteiger partial charge in [-0.15, -0.1) is 11.3 Å². The molecule has 0 aliphatic heterocycles. The number of rotatable bonds is 10. The van der Waals surface area contributed by atoms with Crippen LogP contribution < -0.4 is 5.32 Å². The molecule has 0 unspecified atom stereocenters. The third kappa shape index (κ3) is 5.82. The fourth-order valence-electron chi connectivity index (χ4n) is 3.64. The van der Waals surface area contributed by atoms with Crippen LogP contribution in [0.2, 0.25) is 5.02 Å². The van der Waals surface area contributed by atoms with E-state index in [2.05, 4.69) is 63.0 Å². The van der Waals surface area contributed by atoms with Gasteiger partial charge in [-0.1, -0.05) is 48.0 Å². The van der Waals surface area contributed by atoms with Gasteiger partial charge in [0.2, 0.25) is 0 Å². The standard InChI is InChI=1S/C25H26ClN3S/c26-21-10-11-23-24(12-14-28-25(23)17-21)27-13-4-5-15-29(19-22-9-6-16-30-22)18-20-7-2-1-3-8-20/h1-3,6-12,14,16-17H,4-5,13,15,18-19H2,(H,27,28). The van der Waals surface area contributed by atoms with Crippen LogP contribution in [0.1, 0.15) is 23.3 Å². The van der Waals surface area contributed by atoms with Gasteiger partial charge in [-0.3, -0.25) is 9.88 Å². The minimum atomic E-state index is 0.719. The molecule has 2 aromatic heterocycles. The Hall–Kier alpha value is -2.40. The topological polar surface area (TPSA) is 28.2 Å². The normalized spacial score (nSPS) is 11.3. The van der Waals surface area contributed by atoms with E-state index in [4.69, 9.17) is 11.6 Å². The van der Waals surface area contributed by atoms with Gasteiger partial charge in [0.05, 0.1) is 5.52 Å². The highest BCUT2D eigenvalue weighted by molar-refractivity contribution is 7.09. The number of anilines is 1. The maximum atomic E-state index is 6.09. The molecule has 0 saturated carbocycles. The quantitative estimate of drug-likeness (QED) is 0.276. The predicted molar refractivity (Wildman–Crippen MR) is 129 cm³/mol. The average Bonchev–Trinajstić information content (AvgIpc) is 3.27. The van der Waals surface area contributed by atoms with E-state index in [9.17, 15) is 0 Å². The van der Waals surface area contributed by atoms with Gasteiger partial charge in [0.1, 0.15) is 0 Å². The molecule has 0 aliphatic rings. The molecule has 0 radical (unpaired) electrons. The second kappa shape index (κ2) is 10.6. The van der Waals surface area contributed by atoms with E-state index in [1.54, 1.807) is 0 Å². The molecule has 0 saturated heterocycles. The molecule has 0 aliphatic carbocycles. The molecular weight excluding hydrogens is 410 g/mol. The van der Waals surface area contributed by atoms with E-state index in [1.165, 1.54) is 10.4 Å². The Morgan fingerprint density at radius 2 is 1.83 bits per heavy atom. The maximum absolute atomic E-state index is 6.09. The van der Waals surface area contributed by atoms with Gasteiger partial charge in [0, 0.05) is 46.8 Å². The van der Waals surface area contributed by atoms with Gasteiger partial charge < -0.3 is 5.32 Å². The van der Waals surface area contributed by atoms with Crippen LogP contribution in [0.3, 0.4) is 0 Å². The van der Waals surface area contributed by atoms with Crippen LogP contribution in [0.5, 0.6) is 0 Å². The Bertz CT molecular complexity index is 1050. The van der Waals surface area contributed by atoms with Crippen LogP contribution in [-0.2, 0) is 13.1 Å². The van der Waals surface area contributed by atoms with Crippen molar-refractivity contribution in [3.63, 3.8) is 0 Å². The van der Waals surface area contributed by atoms with Crippen molar-refractivity contribution in [2.45, 2.75) is 25.9 Å². The molecule has 0 amide bonds. The summed E-state index contributed by atoms with van der Waals surface area (Å²) in [6, 6.07) is 23.0. The molecule has 4 rings (SSSR count). The van der Waals surface area contributed by atoms with E-state index in [0.717, 1.165) is 60.6 Å². The molecule has 1 N–H and O–H groups in total. The number of hydrogen-bond acceptors (Lipinski definition) is 4. The molecule has 3 nitrogen and oxygen atoms in total. The van der Waals surface area contributed by atoms with Crippen LogP contribution in [0.4, 0.5) is 5.69 Å². The van der Waals surface area contributed by atoms with Gasteiger partial charge in [-0.25, -0.2) is 0 Å². The number of aromatic nitrogens is 1. The van der Waals surface area contributed by atoms with Crippen molar-refractivity contribution in [1.29, 1.82) is 0 Å². The molecule has 2 heterocycles. The van der Waals surface area contributed by atoms with Crippen molar-refractivity contribution < 1.29 is 0 Å². The summed E-state index contributed by atoms with van der Waals surface area (Å²) >= 11 is 7.93. The van der Waals surface area contributed by atoms with E-state index < -0.39 is 0 Å².